The average molecular weight is 470 g/mol. The summed E-state index contributed by atoms with van der Waals surface area (Å²) in [5, 5.41) is 10.6. The molecule has 0 aliphatic rings. The van der Waals surface area contributed by atoms with Gasteiger partial charge in [0.2, 0.25) is 0 Å². The van der Waals surface area contributed by atoms with Crippen molar-refractivity contribution in [3.63, 3.8) is 0 Å². The number of hydrogen-bond acceptors (Lipinski definition) is 5. The summed E-state index contributed by atoms with van der Waals surface area (Å²) < 4.78 is 65.8. The largest absolute Gasteiger partial charge is 0.507 e. The molecule has 0 unspecified atom stereocenters. The van der Waals surface area contributed by atoms with Crippen molar-refractivity contribution in [2.24, 2.45) is 0 Å². The highest BCUT2D eigenvalue weighted by molar-refractivity contribution is 5.85. The molecule has 1 heterocycles. The number of hydrogen-bond donors (Lipinski definition) is 1. The first-order valence-corrected chi connectivity index (χ1v) is 10.0. The first kappa shape index (κ1) is 23.0. The van der Waals surface area contributed by atoms with E-state index in [4.69, 9.17) is 9.47 Å². The monoisotopic (exact) mass is 470 g/mol. The van der Waals surface area contributed by atoms with Gasteiger partial charge >= 0.3 is 6.18 Å². The van der Waals surface area contributed by atoms with Gasteiger partial charge in [0.1, 0.15) is 36.0 Å². The van der Waals surface area contributed by atoms with Crippen molar-refractivity contribution in [2.75, 3.05) is 7.11 Å². The van der Waals surface area contributed by atoms with Crippen LogP contribution in [0, 0.1) is 5.82 Å². The molecular weight excluding hydrogens is 452 g/mol. The highest BCUT2D eigenvalue weighted by Gasteiger charge is 2.37. The zero-order valence-corrected chi connectivity index (χ0v) is 17.8. The fourth-order valence-corrected chi connectivity index (χ4v) is 3.41. The van der Waals surface area contributed by atoms with Gasteiger partial charge in [0.15, 0.2) is 5.69 Å². The fourth-order valence-electron chi connectivity index (χ4n) is 3.41. The topological polar surface area (TPSA) is 64.5 Å². The van der Waals surface area contributed by atoms with Crippen LogP contribution in [-0.4, -0.2) is 22.2 Å². The number of benzene rings is 3. The summed E-state index contributed by atoms with van der Waals surface area (Å²) in [6.07, 6.45) is -3.96. The molecule has 0 saturated heterocycles. The summed E-state index contributed by atoms with van der Waals surface area (Å²) in [6, 6.07) is 16.1. The molecule has 174 valence electrons. The lowest BCUT2D eigenvalue weighted by molar-refractivity contribution is -0.140. The van der Waals surface area contributed by atoms with E-state index >= 15 is 0 Å². The summed E-state index contributed by atoms with van der Waals surface area (Å²) in [6.45, 7) is -0.0890. The van der Waals surface area contributed by atoms with Gasteiger partial charge in [0.05, 0.1) is 12.8 Å². The van der Waals surface area contributed by atoms with E-state index in [9.17, 15) is 22.7 Å². The number of rotatable bonds is 6. The van der Waals surface area contributed by atoms with E-state index in [1.54, 1.807) is 18.2 Å². The number of halogens is 4. The minimum atomic E-state index is -4.76. The van der Waals surface area contributed by atoms with Gasteiger partial charge in [-0.05, 0) is 35.9 Å². The van der Waals surface area contributed by atoms with E-state index in [-0.39, 0.29) is 40.5 Å². The number of ether oxygens (including phenoxy) is 2. The van der Waals surface area contributed by atoms with E-state index in [2.05, 4.69) is 9.97 Å². The first-order valence-electron chi connectivity index (χ1n) is 10.0. The molecule has 0 atom stereocenters. The number of aromatic hydroxyl groups is 1. The minimum absolute atomic E-state index is 0.0527. The molecule has 3 aromatic carbocycles. The Morgan fingerprint density at radius 2 is 1.62 bits per heavy atom. The summed E-state index contributed by atoms with van der Waals surface area (Å²) in [4.78, 5) is 7.51. The molecule has 0 amide bonds. The number of phenols is 1. The van der Waals surface area contributed by atoms with Gasteiger partial charge in [-0.25, -0.2) is 14.4 Å². The SMILES string of the molecule is COc1ccc(-c2c(-c3ccc(OCc4ccccc4F)cc3O)ncnc2C(F)(F)F)cc1. The fraction of sp³-hybridized carbons (Fsp3) is 0.120. The molecular formula is C25H18F4N2O3. The van der Waals surface area contributed by atoms with Gasteiger partial charge in [-0.2, -0.15) is 13.2 Å². The zero-order valence-electron chi connectivity index (χ0n) is 17.8. The molecule has 1 N–H and O–H groups in total. The van der Waals surface area contributed by atoms with Crippen molar-refractivity contribution >= 4 is 0 Å². The lowest BCUT2D eigenvalue weighted by Crippen LogP contribution is -2.12. The summed E-state index contributed by atoms with van der Waals surface area (Å²) in [5.74, 6) is -0.115. The van der Waals surface area contributed by atoms with Gasteiger partial charge in [-0.3, -0.25) is 0 Å². The van der Waals surface area contributed by atoms with E-state index in [1.807, 2.05) is 0 Å². The van der Waals surface area contributed by atoms with E-state index < -0.39 is 17.7 Å². The van der Waals surface area contributed by atoms with Crippen LogP contribution in [0.4, 0.5) is 17.6 Å². The summed E-state index contributed by atoms with van der Waals surface area (Å²) in [7, 11) is 1.45. The lowest BCUT2D eigenvalue weighted by atomic mass is 9.96. The third kappa shape index (κ3) is 4.78. The van der Waals surface area contributed by atoms with Crippen LogP contribution in [0.25, 0.3) is 22.4 Å². The van der Waals surface area contributed by atoms with Gasteiger partial charge in [-0.15, -0.1) is 0 Å². The van der Waals surface area contributed by atoms with Crippen LogP contribution >= 0.6 is 0 Å². The van der Waals surface area contributed by atoms with E-state index in [1.165, 1.54) is 55.6 Å². The van der Waals surface area contributed by atoms with Gasteiger partial charge < -0.3 is 14.6 Å². The van der Waals surface area contributed by atoms with Crippen LogP contribution in [-0.2, 0) is 12.8 Å². The highest BCUT2D eigenvalue weighted by atomic mass is 19.4. The molecule has 9 heteroatoms. The Morgan fingerprint density at radius 3 is 2.26 bits per heavy atom. The average Bonchev–Trinajstić information content (AvgIpc) is 2.83. The maximum atomic E-state index is 13.8. The molecule has 0 aliphatic carbocycles. The van der Waals surface area contributed by atoms with E-state index in [0.29, 0.717) is 11.3 Å². The van der Waals surface area contributed by atoms with Gasteiger partial charge in [-0.1, -0.05) is 30.3 Å². The second-order valence-corrected chi connectivity index (χ2v) is 7.23. The van der Waals surface area contributed by atoms with Gasteiger partial charge in [0, 0.05) is 22.8 Å². The predicted molar refractivity (Wildman–Crippen MR) is 117 cm³/mol. The number of aromatic nitrogens is 2. The molecule has 0 aliphatic heterocycles. The van der Waals surface area contributed by atoms with Crippen LogP contribution in [0.3, 0.4) is 0 Å². The minimum Gasteiger partial charge on any atom is -0.507 e. The third-order valence-corrected chi connectivity index (χ3v) is 5.07. The molecule has 4 rings (SSSR count). The molecule has 0 radical (unpaired) electrons. The van der Waals surface area contributed by atoms with Crippen molar-refractivity contribution in [3.05, 3.63) is 90.1 Å². The third-order valence-electron chi connectivity index (χ3n) is 5.07. The molecule has 0 fully saturated rings. The first-order chi connectivity index (χ1) is 16.3. The second-order valence-electron chi connectivity index (χ2n) is 7.23. The van der Waals surface area contributed by atoms with Crippen molar-refractivity contribution in [3.8, 4) is 39.6 Å². The van der Waals surface area contributed by atoms with Crippen molar-refractivity contribution in [1.29, 1.82) is 0 Å². The standard InChI is InChI=1S/C25H18F4N2O3/c1-33-17-8-6-15(7-9-17)22-23(30-14-31-24(22)25(27,28)29)19-11-10-18(12-21(19)32)34-13-16-4-2-3-5-20(16)26/h2-12,14,32H,13H2,1H3. The molecule has 5 nitrogen and oxygen atoms in total. The maximum Gasteiger partial charge on any atom is 0.434 e. The van der Waals surface area contributed by atoms with Crippen molar-refractivity contribution in [2.45, 2.75) is 12.8 Å². The Kier molecular flexibility index (Phi) is 6.36. The highest BCUT2D eigenvalue weighted by Crippen LogP contribution is 2.43. The van der Waals surface area contributed by atoms with Crippen LogP contribution in [0.2, 0.25) is 0 Å². The van der Waals surface area contributed by atoms with Crippen LogP contribution < -0.4 is 9.47 Å². The molecule has 0 spiro atoms. The number of nitrogens with zero attached hydrogens (tertiary/aromatic N) is 2. The molecule has 0 bridgehead atoms. The lowest BCUT2D eigenvalue weighted by Gasteiger charge is -2.17. The molecule has 1 aromatic heterocycles. The van der Waals surface area contributed by atoms with Gasteiger partial charge in [0.25, 0.3) is 0 Å². The van der Waals surface area contributed by atoms with Crippen molar-refractivity contribution in [1.82, 2.24) is 9.97 Å². The van der Waals surface area contributed by atoms with Crippen LogP contribution in [0.15, 0.2) is 73.1 Å². The Bertz CT molecular complexity index is 1310. The Hall–Kier alpha value is -4.14. The normalized spacial score (nSPS) is 11.3. The number of phenolic OH excluding ortho intramolecular Hbond substituents is 1. The number of methoxy groups -OCH3 is 1. The quantitative estimate of drug-likeness (QED) is 0.337. The van der Waals surface area contributed by atoms with E-state index in [0.717, 1.165) is 6.33 Å². The van der Waals surface area contributed by atoms with Crippen LogP contribution in [0.1, 0.15) is 11.3 Å². The Labute approximate surface area is 192 Å². The maximum absolute atomic E-state index is 13.8. The van der Waals surface area contributed by atoms with Crippen LogP contribution in [0.5, 0.6) is 17.2 Å². The summed E-state index contributed by atoms with van der Waals surface area (Å²) in [5.41, 5.74) is -0.959. The Balaban J connectivity index is 1.74. The molecule has 4 aromatic rings. The Morgan fingerprint density at radius 1 is 0.912 bits per heavy atom. The number of alkyl halides is 3. The predicted octanol–water partition coefficient (Wildman–Crippen LogP) is 6.26. The van der Waals surface area contributed by atoms with Crippen molar-refractivity contribution < 1.29 is 32.1 Å². The molecule has 0 saturated carbocycles. The zero-order chi connectivity index (χ0) is 24.3. The second kappa shape index (κ2) is 9.38. The molecule has 34 heavy (non-hydrogen) atoms. The smallest absolute Gasteiger partial charge is 0.434 e. The summed E-state index contributed by atoms with van der Waals surface area (Å²) >= 11 is 0.